The van der Waals surface area contributed by atoms with Gasteiger partial charge in [-0.15, -0.1) is 0 Å². The third-order valence-corrected chi connectivity index (χ3v) is 2.49. The Morgan fingerprint density at radius 3 is 2.44 bits per heavy atom. The summed E-state index contributed by atoms with van der Waals surface area (Å²) in [5.41, 5.74) is 6.72. The summed E-state index contributed by atoms with van der Waals surface area (Å²) in [6.45, 7) is 5.01. The van der Waals surface area contributed by atoms with Crippen molar-refractivity contribution in [2.24, 2.45) is 5.92 Å². The molecule has 2 rings (SSSR count). The lowest BCUT2D eigenvalue weighted by atomic mass is 10.1. The molecule has 0 aliphatic heterocycles. The van der Waals surface area contributed by atoms with Crippen LogP contribution < -0.4 is 10.5 Å². The van der Waals surface area contributed by atoms with Crippen LogP contribution in [0.3, 0.4) is 0 Å². The number of hydrogen-bond donors (Lipinski definition) is 1. The number of fused-ring (bicyclic) bond motifs is 1. The van der Waals surface area contributed by atoms with Crippen LogP contribution >= 0.6 is 0 Å². The van der Waals surface area contributed by atoms with Crippen LogP contribution in [-0.4, -0.2) is 6.61 Å². The summed E-state index contributed by atoms with van der Waals surface area (Å²) in [5, 5.41) is 2.15. The number of nitrogen functional groups attached to an aromatic ring is 1. The predicted octanol–water partition coefficient (Wildman–Crippen LogP) is 3.46. The summed E-state index contributed by atoms with van der Waals surface area (Å²) in [6, 6.07) is 11.9. The molecule has 0 aromatic heterocycles. The number of benzene rings is 2. The van der Waals surface area contributed by atoms with Crippen molar-refractivity contribution in [3.63, 3.8) is 0 Å². The first kappa shape index (κ1) is 10.8. The van der Waals surface area contributed by atoms with E-state index in [9.17, 15) is 0 Å². The molecule has 2 aromatic rings. The fourth-order valence-electron chi connectivity index (χ4n) is 1.68. The van der Waals surface area contributed by atoms with E-state index >= 15 is 0 Å². The van der Waals surface area contributed by atoms with Crippen molar-refractivity contribution in [2.45, 2.75) is 13.8 Å². The van der Waals surface area contributed by atoms with E-state index in [0.717, 1.165) is 28.8 Å². The number of ether oxygens (including phenoxy) is 1. The van der Waals surface area contributed by atoms with Crippen molar-refractivity contribution in [2.75, 3.05) is 12.3 Å². The maximum Gasteiger partial charge on any atom is 0.127 e. The van der Waals surface area contributed by atoms with E-state index in [1.54, 1.807) is 0 Å². The van der Waals surface area contributed by atoms with Gasteiger partial charge in [-0.3, -0.25) is 0 Å². The third-order valence-electron chi connectivity index (χ3n) is 2.49. The van der Waals surface area contributed by atoms with Gasteiger partial charge in [0.05, 0.1) is 6.61 Å². The molecular formula is C14H17NO. The van der Waals surface area contributed by atoms with E-state index in [1.165, 1.54) is 0 Å². The molecule has 0 amide bonds. The predicted molar refractivity (Wildman–Crippen MR) is 68.7 cm³/mol. The monoisotopic (exact) mass is 215 g/mol. The van der Waals surface area contributed by atoms with Crippen LogP contribution in [0.4, 0.5) is 5.69 Å². The number of nitrogens with two attached hydrogens (primary N) is 1. The summed E-state index contributed by atoms with van der Waals surface area (Å²) >= 11 is 0. The second kappa shape index (κ2) is 4.44. The molecule has 0 saturated carbocycles. The minimum Gasteiger partial charge on any atom is -0.493 e. The fraction of sp³-hybridized carbons (Fsp3) is 0.286. The highest BCUT2D eigenvalue weighted by Crippen LogP contribution is 2.29. The second-order valence-electron chi connectivity index (χ2n) is 4.40. The van der Waals surface area contributed by atoms with E-state index in [-0.39, 0.29) is 0 Å². The van der Waals surface area contributed by atoms with Crippen molar-refractivity contribution >= 4 is 16.5 Å². The maximum atomic E-state index is 5.93. The first-order chi connectivity index (χ1) is 7.68. The van der Waals surface area contributed by atoms with Crippen molar-refractivity contribution in [3.05, 3.63) is 36.4 Å². The van der Waals surface area contributed by atoms with Gasteiger partial charge in [-0.05, 0) is 18.1 Å². The SMILES string of the molecule is CC(C)COc1ccc(N)c2ccccc12. The van der Waals surface area contributed by atoms with Gasteiger partial charge in [0.1, 0.15) is 5.75 Å². The smallest absolute Gasteiger partial charge is 0.127 e. The fourth-order valence-corrected chi connectivity index (χ4v) is 1.68. The summed E-state index contributed by atoms with van der Waals surface area (Å²) < 4.78 is 5.78. The molecule has 2 nitrogen and oxygen atoms in total. The van der Waals surface area contributed by atoms with Crippen molar-refractivity contribution in [3.8, 4) is 5.75 Å². The highest BCUT2D eigenvalue weighted by atomic mass is 16.5. The quantitative estimate of drug-likeness (QED) is 0.796. The van der Waals surface area contributed by atoms with Gasteiger partial charge < -0.3 is 10.5 Å². The molecule has 0 bridgehead atoms. The van der Waals surface area contributed by atoms with Crippen molar-refractivity contribution in [1.82, 2.24) is 0 Å². The minimum absolute atomic E-state index is 0.524. The number of anilines is 1. The largest absolute Gasteiger partial charge is 0.493 e. The van der Waals surface area contributed by atoms with Crippen LogP contribution in [0.1, 0.15) is 13.8 Å². The molecule has 2 heteroatoms. The van der Waals surface area contributed by atoms with Gasteiger partial charge >= 0.3 is 0 Å². The van der Waals surface area contributed by atoms with Gasteiger partial charge in [0.15, 0.2) is 0 Å². The second-order valence-corrected chi connectivity index (χ2v) is 4.40. The molecule has 0 aliphatic rings. The van der Waals surface area contributed by atoms with Crippen LogP contribution in [0.15, 0.2) is 36.4 Å². The first-order valence-electron chi connectivity index (χ1n) is 5.58. The van der Waals surface area contributed by atoms with Gasteiger partial charge in [-0.2, -0.15) is 0 Å². The Labute approximate surface area is 96.0 Å². The molecule has 0 unspecified atom stereocenters. The molecule has 0 heterocycles. The number of rotatable bonds is 3. The van der Waals surface area contributed by atoms with E-state index in [1.807, 2.05) is 36.4 Å². The average Bonchev–Trinajstić information content (AvgIpc) is 2.28. The van der Waals surface area contributed by atoms with Crippen LogP contribution in [0, 0.1) is 5.92 Å². The number of hydrogen-bond acceptors (Lipinski definition) is 2. The highest BCUT2D eigenvalue weighted by Gasteiger charge is 2.05. The molecule has 0 atom stereocenters. The zero-order chi connectivity index (χ0) is 11.5. The zero-order valence-corrected chi connectivity index (χ0v) is 9.73. The summed E-state index contributed by atoms with van der Waals surface area (Å²) in [4.78, 5) is 0. The molecular weight excluding hydrogens is 198 g/mol. The normalized spacial score (nSPS) is 10.9. The van der Waals surface area contributed by atoms with E-state index in [2.05, 4.69) is 13.8 Å². The van der Waals surface area contributed by atoms with Crippen LogP contribution in [0.25, 0.3) is 10.8 Å². The molecule has 0 fully saturated rings. The lowest BCUT2D eigenvalue weighted by Gasteiger charge is -2.12. The zero-order valence-electron chi connectivity index (χ0n) is 9.73. The molecule has 2 N–H and O–H groups in total. The van der Waals surface area contributed by atoms with Crippen LogP contribution in [-0.2, 0) is 0 Å². The lowest BCUT2D eigenvalue weighted by molar-refractivity contribution is 0.274. The highest BCUT2D eigenvalue weighted by molar-refractivity contribution is 5.96. The van der Waals surface area contributed by atoms with Crippen LogP contribution in [0.5, 0.6) is 5.75 Å². The Bertz CT molecular complexity index is 491. The maximum absolute atomic E-state index is 5.93. The van der Waals surface area contributed by atoms with E-state index in [4.69, 9.17) is 10.5 Å². The van der Waals surface area contributed by atoms with E-state index in [0.29, 0.717) is 5.92 Å². The molecule has 0 aliphatic carbocycles. The molecule has 0 radical (unpaired) electrons. The minimum atomic E-state index is 0.524. The van der Waals surface area contributed by atoms with Gasteiger partial charge in [-0.25, -0.2) is 0 Å². The Hall–Kier alpha value is -1.70. The van der Waals surface area contributed by atoms with Crippen molar-refractivity contribution in [1.29, 1.82) is 0 Å². The van der Waals surface area contributed by atoms with Gasteiger partial charge in [0.2, 0.25) is 0 Å². The summed E-state index contributed by atoms with van der Waals surface area (Å²) in [5.74, 6) is 1.44. The average molecular weight is 215 g/mol. The third kappa shape index (κ3) is 2.11. The van der Waals surface area contributed by atoms with Gasteiger partial charge in [0, 0.05) is 16.5 Å². The van der Waals surface area contributed by atoms with Crippen molar-refractivity contribution < 1.29 is 4.74 Å². The first-order valence-corrected chi connectivity index (χ1v) is 5.58. The molecule has 0 saturated heterocycles. The molecule has 0 spiro atoms. The summed E-state index contributed by atoms with van der Waals surface area (Å²) in [7, 11) is 0. The van der Waals surface area contributed by atoms with Gasteiger partial charge in [-0.1, -0.05) is 38.1 Å². The Kier molecular flexibility index (Phi) is 3.00. The lowest BCUT2D eigenvalue weighted by Crippen LogP contribution is -2.05. The van der Waals surface area contributed by atoms with E-state index < -0.39 is 0 Å². The summed E-state index contributed by atoms with van der Waals surface area (Å²) in [6.07, 6.45) is 0. The Balaban J connectivity index is 2.42. The Morgan fingerprint density at radius 1 is 1.06 bits per heavy atom. The standard InChI is InChI=1S/C14H17NO/c1-10(2)9-16-14-8-7-13(15)11-5-3-4-6-12(11)14/h3-8,10H,9,15H2,1-2H3. The molecule has 16 heavy (non-hydrogen) atoms. The van der Waals surface area contributed by atoms with Crippen LogP contribution in [0.2, 0.25) is 0 Å². The van der Waals surface area contributed by atoms with Gasteiger partial charge in [0.25, 0.3) is 0 Å². The Morgan fingerprint density at radius 2 is 1.75 bits per heavy atom. The topological polar surface area (TPSA) is 35.2 Å². The molecule has 2 aromatic carbocycles. The molecule has 84 valence electrons.